The summed E-state index contributed by atoms with van der Waals surface area (Å²) in [5.74, 6) is -0.0816. The molecule has 1 N–H and O–H groups in total. The number of piperidine rings is 1. The second kappa shape index (κ2) is 6.00. The van der Waals surface area contributed by atoms with Crippen molar-refractivity contribution >= 4 is 21.8 Å². The van der Waals surface area contributed by atoms with Crippen LogP contribution in [0, 0.1) is 5.92 Å². The second-order valence-electron chi connectivity index (χ2n) is 6.09. The molecular weight excluding hydrogens is 306 g/mol. The summed E-state index contributed by atoms with van der Waals surface area (Å²) in [7, 11) is -3.25. The van der Waals surface area contributed by atoms with Gasteiger partial charge in [-0.1, -0.05) is 5.16 Å². The average molecular weight is 327 g/mol. The van der Waals surface area contributed by atoms with E-state index in [1.165, 1.54) is 10.6 Å². The summed E-state index contributed by atoms with van der Waals surface area (Å²) in [6, 6.07) is 0. The first-order valence-electron chi connectivity index (χ1n) is 7.68. The summed E-state index contributed by atoms with van der Waals surface area (Å²) in [5.41, 5.74) is 1.93. The quantitative estimate of drug-likeness (QED) is 0.899. The molecule has 0 aromatic carbocycles. The van der Waals surface area contributed by atoms with E-state index >= 15 is 0 Å². The first-order valence-corrected chi connectivity index (χ1v) is 9.53. The number of sulfonamides is 1. The Labute approximate surface area is 130 Å². The minimum absolute atomic E-state index is 0.183. The summed E-state index contributed by atoms with van der Waals surface area (Å²) < 4.78 is 29.9. The van der Waals surface area contributed by atoms with Crippen LogP contribution in [0.1, 0.15) is 36.9 Å². The average Bonchev–Trinajstić information content (AvgIpc) is 2.90. The molecule has 2 heterocycles. The van der Waals surface area contributed by atoms with E-state index in [0.29, 0.717) is 25.3 Å². The molecule has 1 amide bonds. The lowest BCUT2D eigenvalue weighted by Crippen LogP contribution is -2.43. The number of anilines is 1. The lowest BCUT2D eigenvalue weighted by atomic mass is 9.96. The third-order valence-corrected chi connectivity index (χ3v) is 5.69. The van der Waals surface area contributed by atoms with Crippen LogP contribution in [-0.2, 0) is 27.7 Å². The number of aryl methyl sites for hydroxylation is 1. The van der Waals surface area contributed by atoms with Gasteiger partial charge in [0.2, 0.25) is 21.8 Å². The van der Waals surface area contributed by atoms with Gasteiger partial charge in [-0.3, -0.25) is 10.1 Å². The predicted molar refractivity (Wildman–Crippen MR) is 80.9 cm³/mol. The standard InChI is InChI=1S/C14H21N3O4S/c1-22(19,20)17-8-4-5-10(9-17)13(18)15-14-11-6-2-3-7-12(11)16-21-14/h10H,2-9H2,1H3,(H,15,18)/t10-/m0/s1. The van der Waals surface area contributed by atoms with E-state index in [1.807, 2.05) is 0 Å². The van der Waals surface area contributed by atoms with Gasteiger partial charge in [-0.2, -0.15) is 0 Å². The van der Waals surface area contributed by atoms with Crippen molar-refractivity contribution in [2.45, 2.75) is 38.5 Å². The van der Waals surface area contributed by atoms with Gasteiger partial charge in [0.1, 0.15) is 0 Å². The van der Waals surface area contributed by atoms with Crippen LogP contribution >= 0.6 is 0 Å². The fourth-order valence-electron chi connectivity index (χ4n) is 3.16. The van der Waals surface area contributed by atoms with Crippen LogP contribution in [0.3, 0.4) is 0 Å². The van der Waals surface area contributed by atoms with Crippen molar-refractivity contribution in [2.24, 2.45) is 5.92 Å². The number of hydrogen-bond acceptors (Lipinski definition) is 5. The van der Waals surface area contributed by atoms with Gasteiger partial charge in [0.25, 0.3) is 0 Å². The fraction of sp³-hybridized carbons (Fsp3) is 0.714. The van der Waals surface area contributed by atoms with Gasteiger partial charge in [-0.25, -0.2) is 12.7 Å². The van der Waals surface area contributed by atoms with Gasteiger partial charge in [0, 0.05) is 18.7 Å². The molecule has 122 valence electrons. The SMILES string of the molecule is CS(=O)(=O)N1CCC[C@H](C(=O)Nc2onc3c2CCCC3)C1. The molecule has 1 aliphatic carbocycles. The molecule has 0 bridgehead atoms. The number of carbonyl (C=O) groups excluding carboxylic acids is 1. The summed E-state index contributed by atoms with van der Waals surface area (Å²) in [4.78, 5) is 12.4. The van der Waals surface area contributed by atoms with Gasteiger partial charge in [-0.05, 0) is 38.5 Å². The van der Waals surface area contributed by atoms with Crippen molar-refractivity contribution in [1.29, 1.82) is 0 Å². The molecule has 0 spiro atoms. The van der Waals surface area contributed by atoms with Crippen LogP contribution in [0.4, 0.5) is 5.88 Å². The smallest absolute Gasteiger partial charge is 0.234 e. The van der Waals surface area contributed by atoms with E-state index < -0.39 is 10.0 Å². The first-order chi connectivity index (χ1) is 10.4. The Morgan fingerprint density at radius 1 is 1.32 bits per heavy atom. The molecular formula is C14H21N3O4S. The third kappa shape index (κ3) is 3.17. The van der Waals surface area contributed by atoms with Crippen LogP contribution in [0.15, 0.2) is 4.52 Å². The molecule has 1 aromatic heterocycles. The topological polar surface area (TPSA) is 92.5 Å². The maximum absolute atomic E-state index is 12.4. The third-order valence-electron chi connectivity index (χ3n) is 4.42. The zero-order chi connectivity index (χ0) is 15.7. The Kier molecular flexibility index (Phi) is 4.22. The van der Waals surface area contributed by atoms with Crippen LogP contribution in [0.2, 0.25) is 0 Å². The van der Waals surface area contributed by atoms with E-state index in [9.17, 15) is 13.2 Å². The van der Waals surface area contributed by atoms with E-state index in [-0.39, 0.29) is 18.4 Å². The lowest BCUT2D eigenvalue weighted by molar-refractivity contribution is -0.121. The Morgan fingerprint density at radius 2 is 2.09 bits per heavy atom. The molecule has 8 heteroatoms. The molecule has 1 atom stereocenters. The van der Waals surface area contributed by atoms with Crippen molar-refractivity contribution < 1.29 is 17.7 Å². The largest absolute Gasteiger partial charge is 0.338 e. The molecule has 7 nitrogen and oxygen atoms in total. The minimum atomic E-state index is -3.25. The van der Waals surface area contributed by atoms with E-state index in [1.54, 1.807) is 0 Å². The number of fused-ring (bicyclic) bond motifs is 1. The monoisotopic (exact) mass is 327 g/mol. The lowest BCUT2D eigenvalue weighted by Gasteiger charge is -2.29. The zero-order valence-corrected chi connectivity index (χ0v) is 13.5. The summed E-state index contributed by atoms with van der Waals surface area (Å²) in [6.07, 6.45) is 6.49. The van der Waals surface area contributed by atoms with Gasteiger partial charge in [0.15, 0.2) is 0 Å². The van der Waals surface area contributed by atoms with E-state index in [4.69, 9.17) is 4.52 Å². The number of nitrogens with zero attached hydrogens (tertiary/aromatic N) is 2. The summed E-state index contributed by atoms with van der Waals surface area (Å²) >= 11 is 0. The number of carbonyl (C=O) groups is 1. The minimum Gasteiger partial charge on any atom is -0.338 e. The number of hydrogen-bond donors (Lipinski definition) is 1. The van der Waals surface area contributed by atoms with E-state index in [0.717, 1.165) is 36.9 Å². The highest BCUT2D eigenvalue weighted by Gasteiger charge is 2.31. The number of aromatic nitrogens is 1. The first kappa shape index (κ1) is 15.5. The molecule has 22 heavy (non-hydrogen) atoms. The molecule has 1 aromatic rings. The molecule has 2 aliphatic rings. The van der Waals surface area contributed by atoms with E-state index in [2.05, 4.69) is 10.5 Å². The van der Waals surface area contributed by atoms with Crippen molar-refractivity contribution in [3.63, 3.8) is 0 Å². The molecule has 0 saturated carbocycles. The maximum Gasteiger partial charge on any atom is 0.234 e. The number of nitrogens with one attached hydrogen (secondary N) is 1. The Balaban J connectivity index is 1.68. The highest BCUT2D eigenvalue weighted by atomic mass is 32.2. The normalized spacial score (nSPS) is 23.0. The van der Waals surface area contributed by atoms with Gasteiger partial charge < -0.3 is 4.52 Å². The van der Waals surface area contributed by atoms with Gasteiger partial charge >= 0.3 is 0 Å². The van der Waals surface area contributed by atoms with Crippen molar-refractivity contribution in [2.75, 3.05) is 24.7 Å². The maximum atomic E-state index is 12.4. The van der Waals surface area contributed by atoms with Crippen LogP contribution in [-0.4, -0.2) is 43.1 Å². The van der Waals surface area contributed by atoms with Crippen molar-refractivity contribution in [3.8, 4) is 0 Å². The molecule has 1 fully saturated rings. The molecule has 1 saturated heterocycles. The summed E-state index contributed by atoms with van der Waals surface area (Å²) in [5, 5.41) is 6.82. The molecule has 1 aliphatic heterocycles. The van der Waals surface area contributed by atoms with Crippen LogP contribution < -0.4 is 5.32 Å². The highest BCUT2D eigenvalue weighted by Crippen LogP contribution is 2.28. The van der Waals surface area contributed by atoms with Crippen molar-refractivity contribution in [1.82, 2.24) is 9.46 Å². The summed E-state index contributed by atoms with van der Waals surface area (Å²) in [6.45, 7) is 0.724. The van der Waals surface area contributed by atoms with Crippen LogP contribution in [0.25, 0.3) is 0 Å². The Hall–Kier alpha value is -1.41. The van der Waals surface area contributed by atoms with Crippen LogP contribution in [0.5, 0.6) is 0 Å². The van der Waals surface area contributed by atoms with Gasteiger partial charge in [0.05, 0.1) is 17.9 Å². The van der Waals surface area contributed by atoms with Gasteiger partial charge in [-0.15, -0.1) is 0 Å². The highest BCUT2D eigenvalue weighted by molar-refractivity contribution is 7.88. The number of rotatable bonds is 3. The molecule has 0 unspecified atom stereocenters. The predicted octanol–water partition coefficient (Wildman–Crippen LogP) is 1.16. The molecule has 0 radical (unpaired) electrons. The molecule has 3 rings (SSSR count). The van der Waals surface area contributed by atoms with Crippen molar-refractivity contribution in [3.05, 3.63) is 11.3 Å². The number of amides is 1. The Morgan fingerprint density at radius 3 is 2.86 bits per heavy atom. The second-order valence-corrected chi connectivity index (χ2v) is 8.08. The Bertz CT molecular complexity index is 668. The fourth-order valence-corrected chi connectivity index (χ4v) is 4.07. The zero-order valence-electron chi connectivity index (χ0n) is 12.7.